The van der Waals surface area contributed by atoms with Gasteiger partial charge >= 0.3 is 5.97 Å². The van der Waals surface area contributed by atoms with Crippen LogP contribution in [-0.2, 0) is 9.53 Å². The zero-order valence-electron chi connectivity index (χ0n) is 15.9. The number of benzene rings is 1. The highest BCUT2D eigenvalue weighted by Gasteiger charge is 2.28. The van der Waals surface area contributed by atoms with Crippen LogP contribution in [0, 0.1) is 0 Å². The first-order chi connectivity index (χ1) is 14.1. The third kappa shape index (κ3) is 3.65. The molecule has 7 heteroatoms. The van der Waals surface area contributed by atoms with Crippen molar-refractivity contribution in [3.05, 3.63) is 82.6 Å². The summed E-state index contributed by atoms with van der Waals surface area (Å²) in [5.74, 6) is 0.490. The fourth-order valence-electron chi connectivity index (χ4n) is 3.45. The normalized spacial score (nSPS) is 15.0. The van der Waals surface area contributed by atoms with Gasteiger partial charge < -0.3 is 4.74 Å². The van der Waals surface area contributed by atoms with Gasteiger partial charge in [0.1, 0.15) is 11.9 Å². The van der Waals surface area contributed by atoms with Gasteiger partial charge in [0, 0.05) is 22.7 Å². The molecule has 0 aliphatic carbocycles. The summed E-state index contributed by atoms with van der Waals surface area (Å²) in [6.07, 6.45) is 6.02. The fourth-order valence-corrected chi connectivity index (χ4v) is 3.82. The van der Waals surface area contributed by atoms with Gasteiger partial charge in [-0.15, -0.1) is 0 Å². The molecule has 6 nitrogen and oxygen atoms in total. The smallest absolute Gasteiger partial charge is 0.305 e. The number of carbonyl (C=O) groups is 1. The zero-order chi connectivity index (χ0) is 20.4. The minimum absolute atomic E-state index is 0.247. The molecule has 0 bridgehead atoms. The number of carbonyl (C=O) groups excluding carboxylic acids is 1. The lowest BCUT2D eigenvalue weighted by Crippen LogP contribution is -2.09. The summed E-state index contributed by atoms with van der Waals surface area (Å²) in [6.45, 7) is 3.93. The Kier molecular flexibility index (Phi) is 5.40. The number of aliphatic imine (C=N–C) groups is 1. The molecule has 0 N–H and O–H groups in total. The average molecular weight is 451 g/mol. The van der Waals surface area contributed by atoms with E-state index in [1.54, 1.807) is 18.5 Å². The number of ether oxygens (including phenoxy) is 1. The third-order valence-corrected chi connectivity index (χ3v) is 5.31. The lowest BCUT2D eigenvalue weighted by Gasteiger charge is -2.14. The SMILES string of the molecule is C=Cc1cnc2n1-c1ccc(Br)cc1C(c1ccccn1)=N[C@H]2CCC(=O)OC. The van der Waals surface area contributed by atoms with Crippen molar-refractivity contribution in [3.8, 4) is 5.69 Å². The highest BCUT2D eigenvalue weighted by atomic mass is 79.9. The summed E-state index contributed by atoms with van der Waals surface area (Å²) in [5, 5.41) is 0. The first-order valence-electron chi connectivity index (χ1n) is 9.18. The van der Waals surface area contributed by atoms with E-state index in [0.717, 1.165) is 38.6 Å². The predicted molar refractivity (Wildman–Crippen MR) is 115 cm³/mol. The van der Waals surface area contributed by atoms with Crippen LogP contribution in [0.3, 0.4) is 0 Å². The van der Waals surface area contributed by atoms with Crippen LogP contribution in [0.25, 0.3) is 11.8 Å². The van der Waals surface area contributed by atoms with E-state index in [1.165, 1.54) is 7.11 Å². The molecule has 1 aliphatic heterocycles. The van der Waals surface area contributed by atoms with Gasteiger partial charge in [-0.3, -0.25) is 19.3 Å². The Morgan fingerprint density at radius 2 is 2.17 bits per heavy atom. The predicted octanol–water partition coefficient (Wildman–Crippen LogP) is 4.52. The van der Waals surface area contributed by atoms with Crippen molar-refractivity contribution < 1.29 is 9.53 Å². The third-order valence-electron chi connectivity index (χ3n) is 4.82. The Morgan fingerprint density at radius 1 is 1.31 bits per heavy atom. The number of rotatable bonds is 5. The number of hydrogen-bond acceptors (Lipinski definition) is 5. The molecule has 0 spiro atoms. The van der Waals surface area contributed by atoms with Gasteiger partial charge in [-0.1, -0.05) is 28.6 Å². The van der Waals surface area contributed by atoms with Crippen molar-refractivity contribution >= 4 is 33.7 Å². The van der Waals surface area contributed by atoms with Gasteiger partial charge in [-0.2, -0.15) is 0 Å². The van der Waals surface area contributed by atoms with E-state index in [0.29, 0.717) is 6.42 Å². The maximum Gasteiger partial charge on any atom is 0.305 e. The molecule has 2 aromatic heterocycles. The van der Waals surface area contributed by atoms with Crippen LogP contribution in [0.1, 0.15) is 41.7 Å². The Balaban J connectivity index is 1.95. The maximum atomic E-state index is 11.8. The molecule has 4 rings (SSSR count). The molecule has 0 saturated heterocycles. The van der Waals surface area contributed by atoms with Gasteiger partial charge in [0.15, 0.2) is 0 Å². The summed E-state index contributed by atoms with van der Waals surface area (Å²) < 4.78 is 7.82. The summed E-state index contributed by atoms with van der Waals surface area (Å²) in [7, 11) is 1.39. The first kappa shape index (κ1) is 19.3. The number of fused-ring (bicyclic) bond motifs is 3. The van der Waals surface area contributed by atoms with Gasteiger partial charge in [-0.25, -0.2) is 4.98 Å². The highest BCUT2D eigenvalue weighted by Crippen LogP contribution is 2.35. The van der Waals surface area contributed by atoms with E-state index in [1.807, 2.05) is 36.4 Å². The van der Waals surface area contributed by atoms with Crippen molar-refractivity contribution in [3.63, 3.8) is 0 Å². The number of halogens is 1. The molecule has 1 aliphatic rings. The Labute approximate surface area is 177 Å². The van der Waals surface area contributed by atoms with E-state index in [-0.39, 0.29) is 18.4 Å². The van der Waals surface area contributed by atoms with E-state index in [2.05, 4.69) is 37.0 Å². The van der Waals surface area contributed by atoms with Gasteiger partial charge in [0.05, 0.1) is 36.1 Å². The van der Waals surface area contributed by atoms with Gasteiger partial charge in [0.2, 0.25) is 0 Å². The van der Waals surface area contributed by atoms with Gasteiger partial charge in [0.25, 0.3) is 0 Å². The molecule has 0 saturated carbocycles. The van der Waals surface area contributed by atoms with E-state index in [4.69, 9.17) is 9.73 Å². The number of methoxy groups -OCH3 is 1. The second-order valence-corrected chi connectivity index (χ2v) is 7.48. The standard InChI is InChI=1S/C22H19BrN4O2/c1-3-15-13-25-22-18(8-10-20(28)29-2)26-21(17-6-4-5-11-24-17)16-12-14(23)7-9-19(16)27(15)22/h3-7,9,11-13,18H,1,8,10H2,2H3/t18-/m0/s1. The second kappa shape index (κ2) is 8.13. The van der Waals surface area contributed by atoms with E-state index in [9.17, 15) is 4.79 Å². The topological polar surface area (TPSA) is 69.4 Å². The molecule has 1 atom stereocenters. The molecular weight excluding hydrogens is 432 g/mol. The molecular formula is C22H19BrN4O2. The molecule has 1 aromatic carbocycles. The maximum absolute atomic E-state index is 11.8. The van der Waals surface area contributed by atoms with E-state index < -0.39 is 0 Å². The van der Waals surface area contributed by atoms with Crippen molar-refractivity contribution in [1.82, 2.24) is 14.5 Å². The highest BCUT2D eigenvalue weighted by molar-refractivity contribution is 9.10. The number of nitrogens with zero attached hydrogens (tertiary/aromatic N) is 4. The minimum atomic E-state index is -0.328. The zero-order valence-corrected chi connectivity index (χ0v) is 17.5. The van der Waals surface area contributed by atoms with Crippen molar-refractivity contribution in [2.45, 2.75) is 18.9 Å². The van der Waals surface area contributed by atoms with Crippen molar-refractivity contribution in [2.24, 2.45) is 4.99 Å². The largest absolute Gasteiger partial charge is 0.469 e. The molecule has 0 amide bonds. The van der Waals surface area contributed by atoms with E-state index >= 15 is 0 Å². The van der Waals surface area contributed by atoms with Crippen molar-refractivity contribution in [1.29, 1.82) is 0 Å². The van der Waals surface area contributed by atoms with Crippen LogP contribution in [0.2, 0.25) is 0 Å². The Morgan fingerprint density at radius 3 is 2.90 bits per heavy atom. The molecule has 29 heavy (non-hydrogen) atoms. The molecule has 146 valence electrons. The molecule has 0 fully saturated rings. The number of aromatic nitrogens is 3. The van der Waals surface area contributed by atoms with Crippen LogP contribution in [-0.4, -0.2) is 33.3 Å². The average Bonchev–Trinajstić information content (AvgIpc) is 3.12. The summed E-state index contributed by atoms with van der Waals surface area (Å²) in [6, 6.07) is 11.5. The minimum Gasteiger partial charge on any atom is -0.469 e. The number of imidazole rings is 1. The Bertz CT molecular complexity index is 1110. The number of hydrogen-bond donors (Lipinski definition) is 0. The summed E-state index contributed by atoms with van der Waals surface area (Å²) in [5.41, 5.74) is 4.27. The van der Waals surface area contributed by atoms with Crippen LogP contribution in [0.15, 0.2) is 64.8 Å². The van der Waals surface area contributed by atoms with Crippen LogP contribution < -0.4 is 0 Å². The monoisotopic (exact) mass is 450 g/mol. The first-order valence-corrected chi connectivity index (χ1v) is 9.98. The number of esters is 1. The molecule has 0 unspecified atom stereocenters. The van der Waals surface area contributed by atoms with Crippen LogP contribution in [0.5, 0.6) is 0 Å². The van der Waals surface area contributed by atoms with Crippen LogP contribution >= 0.6 is 15.9 Å². The Hall–Kier alpha value is -3.06. The fraction of sp³-hybridized carbons (Fsp3) is 0.182. The van der Waals surface area contributed by atoms with Gasteiger partial charge in [-0.05, 0) is 42.8 Å². The molecule has 3 aromatic rings. The van der Waals surface area contributed by atoms with Crippen LogP contribution in [0.4, 0.5) is 0 Å². The lowest BCUT2D eigenvalue weighted by atomic mass is 10.0. The second-order valence-electron chi connectivity index (χ2n) is 6.57. The summed E-state index contributed by atoms with van der Waals surface area (Å²) in [4.78, 5) is 26.0. The number of pyridine rings is 1. The summed E-state index contributed by atoms with van der Waals surface area (Å²) >= 11 is 3.57. The molecule has 0 radical (unpaired) electrons. The van der Waals surface area contributed by atoms with Crippen molar-refractivity contribution in [2.75, 3.05) is 7.11 Å². The lowest BCUT2D eigenvalue weighted by molar-refractivity contribution is -0.140. The molecule has 3 heterocycles. The quantitative estimate of drug-likeness (QED) is 0.535.